The SMILES string of the molecule is CCn1c(-c2cc(N3CCN(C)CC3)cnc2C(C)C)c2c3cc(ccc31)-c1csc(n1)C[C@H](NC(=O)[C@H]1C[C@@H]1c1ccccc1)C(=O)N1CCC[C@H](N1)C(=O)OCC(C)(C)C2. The van der Waals surface area contributed by atoms with E-state index >= 15 is 0 Å². The van der Waals surface area contributed by atoms with Gasteiger partial charge in [0.05, 0.1) is 40.6 Å². The first-order valence-electron chi connectivity index (χ1n) is 22.5. The minimum Gasteiger partial charge on any atom is -0.464 e. The molecule has 6 heterocycles. The van der Waals surface area contributed by atoms with Crippen LogP contribution in [0.5, 0.6) is 0 Å². The number of nitrogens with one attached hydrogen (secondary N) is 2. The van der Waals surface area contributed by atoms with Gasteiger partial charge in [0, 0.05) is 84.4 Å². The third-order valence-corrected chi connectivity index (χ3v) is 14.1. The molecule has 4 aliphatic rings. The Morgan fingerprint density at radius 3 is 2.60 bits per heavy atom. The molecule has 0 radical (unpaired) electrons. The third-order valence-electron chi connectivity index (χ3n) is 13.3. The molecular weight excluding hydrogens is 797 g/mol. The highest BCUT2D eigenvalue weighted by molar-refractivity contribution is 7.10. The maximum Gasteiger partial charge on any atom is 0.324 e. The van der Waals surface area contributed by atoms with E-state index in [1.807, 2.05) is 18.2 Å². The number of aryl methyl sites for hydroxylation is 1. The van der Waals surface area contributed by atoms with Crippen LogP contribution in [-0.4, -0.2) is 101 Å². The molecule has 12 nitrogen and oxygen atoms in total. The van der Waals surface area contributed by atoms with Crippen LogP contribution in [0, 0.1) is 11.3 Å². The summed E-state index contributed by atoms with van der Waals surface area (Å²) in [4.78, 5) is 57.2. The van der Waals surface area contributed by atoms with Crippen molar-refractivity contribution in [2.24, 2.45) is 11.3 Å². The zero-order valence-corrected chi connectivity index (χ0v) is 37.8. The summed E-state index contributed by atoms with van der Waals surface area (Å²) in [5, 5.41) is 8.60. The van der Waals surface area contributed by atoms with Crippen molar-refractivity contribution in [3.8, 4) is 22.5 Å². The molecule has 3 aromatic heterocycles. The Bertz CT molecular complexity index is 2470. The number of ether oxygens (including phenoxy) is 1. The number of benzene rings is 2. The number of hydrogen-bond acceptors (Lipinski definition) is 10. The third kappa shape index (κ3) is 8.51. The number of rotatable bonds is 7. The Kier molecular flexibility index (Phi) is 11.7. The number of aromatic nitrogens is 3. The van der Waals surface area contributed by atoms with Gasteiger partial charge in [-0.1, -0.05) is 64.1 Å². The first-order chi connectivity index (χ1) is 29.9. The van der Waals surface area contributed by atoms with Gasteiger partial charge in [0.15, 0.2) is 0 Å². The van der Waals surface area contributed by atoms with E-state index in [1.54, 1.807) is 0 Å². The number of esters is 1. The summed E-state index contributed by atoms with van der Waals surface area (Å²) in [7, 11) is 2.18. The quantitative estimate of drug-likeness (QED) is 0.164. The monoisotopic (exact) mass is 856 g/mol. The standard InChI is InChI=1S/C49H60N8O4S/c1-7-56-42-16-15-32-22-35(42)38(45(56)37-23-33(27-50-44(37)30(2)3)55-20-18-54(6)19-21-55)26-49(4,5)29-61-48(60)39-14-11-17-57(53-39)47(59)40(25-43-51-41(32)28-62-43)52-46(58)36-24-34(36)31-12-9-8-10-13-31/h8-10,12-13,15-16,22-23,27-28,30,34,36,39-40,53H,7,11,14,17-21,24-26,29H2,1-6H3,(H,52,58)/t34-,36+,39+,40+/m1/s1. The van der Waals surface area contributed by atoms with Crippen LogP contribution >= 0.6 is 11.3 Å². The van der Waals surface area contributed by atoms with E-state index in [-0.39, 0.29) is 48.6 Å². The van der Waals surface area contributed by atoms with Crippen LogP contribution in [0.1, 0.15) is 87.5 Å². The Morgan fingerprint density at radius 2 is 1.84 bits per heavy atom. The van der Waals surface area contributed by atoms with Crippen molar-refractivity contribution in [1.29, 1.82) is 0 Å². The molecule has 4 atom stereocenters. The Hall–Kier alpha value is -5.11. The average molecular weight is 857 g/mol. The summed E-state index contributed by atoms with van der Waals surface area (Å²) < 4.78 is 8.62. The van der Waals surface area contributed by atoms with Gasteiger partial charge in [0.25, 0.3) is 5.91 Å². The second kappa shape index (κ2) is 17.2. The molecular formula is C49H60N8O4S. The topological polar surface area (TPSA) is 125 Å². The van der Waals surface area contributed by atoms with E-state index in [0.717, 1.165) is 94.5 Å². The van der Waals surface area contributed by atoms with Crippen molar-refractivity contribution in [2.45, 2.75) is 97.2 Å². The molecule has 0 spiro atoms. The van der Waals surface area contributed by atoms with Crippen LogP contribution in [0.15, 0.2) is 66.2 Å². The molecule has 62 heavy (non-hydrogen) atoms. The highest BCUT2D eigenvalue weighted by Gasteiger charge is 2.45. The van der Waals surface area contributed by atoms with E-state index in [1.165, 1.54) is 21.9 Å². The minimum absolute atomic E-state index is 0.130. The fraction of sp³-hybridized carbons (Fsp3) is 0.490. The lowest BCUT2D eigenvalue weighted by Crippen LogP contribution is -2.60. The van der Waals surface area contributed by atoms with Gasteiger partial charge >= 0.3 is 5.97 Å². The second-order valence-electron chi connectivity index (χ2n) is 18.9. The lowest BCUT2D eigenvalue weighted by molar-refractivity contribution is -0.155. The molecule has 6 bridgehead atoms. The van der Waals surface area contributed by atoms with Gasteiger partial charge in [-0.2, -0.15) is 0 Å². The van der Waals surface area contributed by atoms with Gasteiger partial charge in [-0.25, -0.2) is 10.4 Å². The number of pyridine rings is 1. The zero-order chi connectivity index (χ0) is 43.3. The fourth-order valence-electron chi connectivity index (χ4n) is 9.69. The van der Waals surface area contributed by atoms with Gasteiger partial charge in [0.2, 0.25) is 5.91 Å². The van der Waals surface area contributed by atoms with E-state index in [9.17, 15) is 14.4 Å². The van der Waals surface area contributed by atoms with Crippen LogP contribution in [0.4, 0.5) is 5.69 Å². The highest BCUT2D eigenvalue weighted by Crippen LogP contribution is 2.48. The maximum atomic E-state index is 14.4. The van der Waals surface area contributed by atoms with Gasteiger partial charge < -0.3 is 24.4 Å². The number of thiazole rings is 1. The summed E-state index contributed by atoms with van der Waals surface area (Å²) in [6, 6.07) is 17.5. The first-order valence-corrected chi connectivity index (χ1v) is 23.4. The molecule has 0 unspecified atom stereocenters. The van der Waals surface area contributed by atoms with E-state index in [0.29, 0.717) is 25.8 Å². The van der Waals surface area contributed by atoms with Gasteiger partial charge in [-0.3, -0.25) is 24.4 Å². The Morgan fingerprint density at radius 1 is 1.05 bits per heavy atom. The van der Waals surface area contributed by atoms with Gasteiger partial charge in [-0.05, 0) is 80.8 Å². The number of cyclic esters (lactones) is 1. The molecule has 13 heteroatoms. The number of hydrazine groups is 1. The lowest BCUT2D eigenvalue weighted by Gasteiger charge is -2.35. The number of piperazine rings is 1. The van der Waals surface area contributed by atoms with Crippen LogP contribution in [0.25, 0.3) is 33.4 Å². The van der Waals surface area contributed by atoms with Gasteiger partial charge in [-0.15, -0.1) is 11.3 Å². The Balaban J connectivity index is 1.12. The lowest BCUT2D eigenvalue weighted by atomic mass is 9.84. The number of amides is 2. The number of carbonyl (C=O) groups is 3. The van der Waals surface area contributed by atoms with Crippen molar-refractivity contribution < 1.29 is 19.1 Å². The van der Waals surface area contributed by atoms with Crippen molar-refractivity contribution in [1.82, 2.24) is 35.2 Å². The van der Waals surface area contributed by atoms with E-state index < -0.39 is 17.5 Å². The maximum absolute atomic E-state index is 14.4. The summed E-state index contributed by atoms with van der Waals surface area (Å²) >= 11 is 1.50. The number of likely N-dealkylation sites (N-methyl/N-ethyl adjacent to an activating group) is 1. The molecule has 1 saturated carbocycles. The summed E-state index contributed by atoms with van der Waals surface area (Å²) in [5.41, 5.74) is 12.5. The molecule has 326 valence electrons. The molecule has 9 rings (SSSR count). The Labute approximate surface area is 369 Å². The number of anilines is 1. The number of carbonyl (C=O) groups excluding carboxylic acids is 3. The summed E-state index contributed by atoms with van der Waals surface area (Å²) in [6.45, 7) is 16.2. The molecule has 2 saturated heterocycles. The van der Waals surface area contributed by atoms with E-state index in [4.69, 9.17) is 14.7 Å². The van der Waals surface area contributed by atoms with Crippen molar-refractivity contribution in [3.63, 3.8) is 0 Å². The minimum atomic E-state index is -0.862. The summed E-state index contributed by atoms with van der Waals surface area (Å²) in [5.74, 6) is -0.672. The molecule has 2 aromatic carbocycles. The molecule has 2 amide bonds. The number of hydrogen-bond donors (Lipinski definition) is 2. The summed E-state index contributed by atoms with van der Waals surface area (Å²) in [6.07, 6.45) is 4.85. The van der Waals surface area contributed by atoms with Gasteiger partial charge in [0.1, 0.15) is 12.1 Å². The largest absolute Gasteiger partial charge is 0.464 e. The first kappa shape index (κ1) is 42.2. The molecule has 5 aromatic rings. The van der Waals surface area contributed by atoms with Crippen LogP contribution in [0.2, 0.25) is 0 Å². The molecule has 3 aliphatic heterocycles. The molecule has 1 aliphatic carbocycles. The predicted octanol–water partition coefficient (Wildman–Crippen LogP) is 7.17. The van der Waals surface area contributed by atoms with Crippen molar-refractivity contribution in [2.75, 3.05) is 51.3 Å². The van der Waals surface area contributed by atoms with Crippen molar-refractivity contribution in [3.05, 3.63) is 88.0 Å². The molecule has 2 N–H and O–H groups in total. The highest BCUT2D eigenvalue weighted by atomic mass is 32.1. The number of fused-ring (bicyclic) bond motifs is 6. The zero-order valence-electron chi connectivity index (χ0n) is 36.9. The average Bonchev–Trinajstić information content (AvgIpc) is 3.86. The van der Waals surface area contributed by atoms with E-state index in [2.05, 4.69) is 115 Å². The number of nitrogens with zero attached hydrogens (tertiary/aromatic N) is 6. The second-order valence-corrected chi connectivity index (χ2v) is 19.8. The smallest absolute Gasteiger partial charge is 0.324 e. The van der Waals surface area contributed by atoms with Crippen LogP contribution < -0.4 is 15.6 Å². The van der Waals surface area contributed by atoms with Crippen LogP contribution in [0.3, 0.4) is 0 Å². The van der Waals surface area contributed by atoms with Crippen LogP contribution in [-0.2, 0) is 38.5 Å². The van der Waals surface area contributed by atoms with Crippen molar-refractivity contribution >= 4 is 45.7 Å². The molecule has 3 fully saturated rings. The predicted molar refractivity (Wildman–Crippen MR) is 245 cm³/mol. The fourth-order valence-corrected chi connectivity index (χ4v) is 10.5. The normalized spacial score (nSPS) is 23.3.